The Labute approximate surface area is 168 Å². The summed E-state index contributed by atoms with van der Waals surface area (Å²) in [5.41, 5.74) is 4.24. The normalized spacial score (nSPS) is 14.9. The molecule has 1 saturated heterocycles. The maximum absolute atomic E-state index is 13.4. The SMILES string of the molecule is COC(=O)C1CCN(C(=O)c2cc(-c3ccc(C)cc3)nc3onc(C)c23)CC1. The van der Waals surface area contributed by atoms with Gasteiger partial charge in [0.1, 0.15) is 0 Å². The number of aryl methyl sites for hydroxylation is 2. The number of likely N-dealkylation sites (tertiary alicyclic amines) is 1. The average molecular weight is 393 g/mol. The molecule has 0 spiro atoms. The summed E-state index contributed by atoms with van der Waals surface area (Å²) >= 11 is 0. The highest BCUT2D eigenvalue weighted by Crippen LogP contribution is 2.29. The molecule has 1 amide bonds. The first kappa shape index (κ1) is 19.1. The Balaban J connectivity index is 1.69. The van der Waals surface area contributed by atoms with E-state index in [9.17, 15) is 9.59 Å². The summed E-state index contributed by atoms with van der Waals surface area (Å²) in [6, 6.07) is 9.77. The Bertz CT molecular complexity index is 1060. The summed E-state index contributed by atoms with van der Waals surface area (Å²) in [5.74, 6) is -0.456. The number of hydrogen-bond acceptors (Lipinski definition) is 6. The molecule has 0 radical (unpaired) electrons. The summed E-state index contributed by atoms with van der Waals surface area (Å²) in [5, 5.41) is 4.65. The Hall–Kier alpha value is -3.22. The maximum Gasteiger partial charge on any atom is 0.308 e. The fourth-order valence-corrected chi connectivity index (χ4v) is 3.79. The number of hydrogen-bond donors (Lipinski definition) is 0. The van der Waals surface area contributed by atoms with E-state index in [4.69, 9.17) is 9.26 Å². The predicted octanol–water partition coefficient (Wildman–Crippen LogP) is 3.53. The standard InChI is InChI=1S/C22H23N3O4/c1-13-4-6-15(7-5-13)18-12-17(19-14(2)24-29-20(19)23-18)21(26)25-10-8-16(9-11-25)22(27)28-3/h4-7,12,16H,8-11H2,1-3H3. The van der Waals surface area contributed by atoms with Gasteiger partial charge in [0.2, 0.25) is 0 Å². The molecular weight excluding hydrogens is 370 g/mol. The molecule has 7 heteroatoms. The summed E-state index contributed by atoms with van der Waals surface area (Å²) in [6.07, 6.45) is 1.19. The van der Waals surface area contributed by atoms with Gasteiger partial charge < -0.3 is 14.2 Å². The van der Waals surface area contributed by atoms with Crippen LogP contribution in [0.15, 0.2) is 34.9 Å². The third kappa shape index (κ3) is 3.60. The highest BCUT2D eigenvalue weighted by molar-refractivity contribution is 6.07. The van der Waals surface area contributed by atoms with Crippen LogP contribution in [-0.4, -0.2) is 47.1 Å². The van der Waals surface area contributed by atoms with Gasteiger partial charge in [-0.3, -0.25) is 9.59 Å². The molecule has 0 bridgehead atoms. The van der Waals surface area contributed by atoms with Crippen LogP contribution in [0.5, 0.6) is 0 Å². The number of carbonyl (C=O) groups excluding carboxylic acids is 2. The molecule has 2 aromatic heterocycles. The Morgan fingerprint density at radius 1 is 1.14 bits per heavy atom. The number of benzene rings is 1. The molecule has 0 saturated carbocycles. The van der Waals surface area contributed by atoms with Gasteiger partial charge in [0.15, 0.2) is 0 Å². The van der Waals surface area contributed by atoms with E-state index in [0.717, 1.165) is 11.1 Å². The number of nitrogens with zero attached hydrogens (tertiary/aromatic N) is 3. The minimum atomic E-state index is -0.208. The van der Waals surface area contributed by atoms with E-state index in [1.54, 1.807) is 11.8 Å². The van der Waals surface area contributed by atoms with E-state index in [2.05, 4.69) is 10.1 Å². The van der Waals surface area contributed by atoms with Crippen LogP contribution < -0.4 is 0 Å². The van der Waals surface area contributed by atoms with E-state index in [1.807, 2.05) is 37.3 Å². The van der Waals surface area contributed by atoms with Gasteiger partial charge in [-0.1, -0.05) is 35.0 Å². The Kier molecular flexibility index (Phi) is 5.05. The molecule has 3 aromatic rings. The number of rotatable bonds is 3. The van der Waals surface area contributed by atoms with Crippen molar-refractivity contribution < 1.29 is 18.8 Å². The number of ether oxygens (including phenoxy) is 1. The summed E-state index contributed by atoms with van der Waals surface area (Å²) in [7, 11) is 1.40. The molecule has 150 valence electrons. The molecule has 1 aromatic carbocycles. The second kappa shape index (κ2) is 7.66. The van der Waals surface area contributed by atoms with Crippen molar-refractivity contribution >= 4 is 23.0 Å². The van der Waals surface area contributed by atoms with Crippen LogP contribution in [0, 0.1) is 19.8 Å². The first-order valence-corrected chi connectivity index (χ1v) is 9.69. The van der Waals surface area contributed by atoms with E-state index >= 15 is 0 Å². The summed E-state index contributed by atoms with van der Waals surface area (Å²) in [6.45, 7) is 4.84. The number of fused-ring (bicyclic) bond motifs is 1. The smallest absolute Gasteiger partial charge is 0.308 e. The quantitative estimate of drug-likeness (QED) is 0.633. The van der Waals surface area contributed by atoms with Gasteiger partial charge in [-0.15, -0.1) is 0 Å². The molecular formula is C22H23N3O4. The van der Waals surface area contributed by atoms with Gasteiger partial charge in [-0.25, -0.2) is 4.98 Å². The van der Waals surface area contributed by atoms with E-state index < -0.39 is 0 Å². The van der Waals surface area contributed by atoms with Crippen LogP contribution in [0.3, 0.4) is 0 Å². The number of aromatic nitrogens is 2. The zero-order valence-corrected chi connectivity index (χ0v) is 16.8. The lowest BCUT2D eigenvalue weighted by atomic mass is 9.96. The zero-order chi connectivity index (χ0) is 20.5. The van der Waals surface area contributed by atoms with Crippen molar-refractivity contribution in [1.29, 1.82) is 0 Å². The van der Waals surface area contributed by atoms with E-state index in [1.165, 1.54) is 7.11 Å². The Morgan fingerprint density at radius 2 is 1.83 bits per heavy atom. The second-order valence-corrected chi connectivity index (χ2v) is 7.46. The Morgan fingerprint density at radius 3 is 2.48 bits per heavy atom. The molecule has 1 aliphatic rings. The second-order valence-electron chi connectivity index (χ2n) is 7.46. The van der Waals surface area contributed by atoms with Gasteiger partial charge in [-0.05, 0) is 32.8 Å². The highest BCUT2D eigenvalue weighted by atomic mass is 16.5. The number of piperidine rings is 1. The number of amides is 1. The van der Waals surface area contributed by atoms with E-state index in [0.29, 0.717) is 54.0 Å². The van der Waals surface area contributed by atoms with Crippen molar-refractivity contribution in [2.75, 3.05) is 20.2 Å². The lowest BCUT2D eigenvalue weighted by Crippen LogP contribution is -2.40. The molecule has 1 fully saturated rings. The lowest BCUT2D eigenvalue weighted by Gasteiger charge is -2.31. The molecule has 29 heavy (non-hydrogen) atoms. The zero-order valence-electron chi connectivity index (χ0n) is 16.8. The minimum Gasteiger partial charge on any atom is -0.469 e. The van der Waals surface area contributed by atoms with Crippen LogP contribution in [0.25, 0.3) is 22.4 Å². The number of methoxy groups -OCH3 is 1. The van der Waals surface area contributed by atoms with Crippen molar-refractivity contribution in [3.8, 4) is 11.3 Å². The van der Waals surface area contributed by atoms with Crippen LogP contribution in [0.1, 0.15) is 34.5 Å². The molecule has 4 rings (SSSR count). The van der Waals surface area contributed by atoms with Gasteiger partial charge in [0.05, 0.1) is 35.4 Å². The van der Waals surface area contributed by atoms with E-state index in [-0.39, 0.29) is 17.8 Å². The number of pyridine rings is 1. The first-order chi connectivity index (χ1) is 14.0. The van der Waals surface area contributed by atoms with Crippen molar-refractivity contribution in [3.63, 3.8) is 0 Å². The first-order valence-electron chi connectivity index (χ1n) is 9.69. The van der Waals surface area contributed by atoms with Crippen molar-refractivity contribution in [3.05, 3.63) is 47.2 Å². The third-order valence-electron chi connectivity index (χ3n) is 5.51. The summed E-state index contributed by atoms with van der Waals surface area (Å²) < 4.78 is 10.2. The average Bonchev–Trinajstić information content (AvgIpc) is 3.13. The minimum absolute atomic E-state index is 0.0969. The maximum atomic E-state index is 13.4. The summed E-state index contributed by atoms with van der Waals surface area (Å²) in [4.78, 5) is 31.5. The van der Waals surface area contributed by atoms with Gasteiger partial charge in [0, 0.05) is 18.7 Å². The van der Waals surface area contributed by atoms with Crippen LogP contribution in [0.4, 0.5) is 0 Å². The van der Waals surface area contributed by atoms with Crippen molar-refractivity contribution in [2.24, 2.45) is 5.92 Å². The highest BCUT2D eigenvalue weighted by Gasteiger charge is 2.30. The number of esters is 1. The van der Waals surface area contributed by atoms with Crippen LogP contribution in [-0.2, 0) is 9.53 Å². The van der Waals surface area contributed by atoms with Crippen molar-refractivity contribution in [1.82, 2.24) is 15.0 Å². The van der Waals surface area contributed by atoms with Gasteiger partial charge in [0.25, 0.3) is 11.6 Å². The monoisotopic (exact) mass is 393 g/mol. The van der Waals surface area contributed by atoms with Gasteiger partial charge >= 0.3 is 5.97 Å². The fourth-order valence-electron chi connectivity index (χ4n) is 3.79. The molecule has 3 heterocycles. The molecule has 0 N–H and O–H groups in total. The fraction of sp³-hybridized carbons (Fsp3) is 0.364. The molecule has 0 aliphatic carbocycles. The van der Waals surface area contributed by atoms with Crippen LogP contribution in [0.2, 0.25) is 0 Å². The van der Waals surface area contributed by atoms with Crippen molar-refractivity contribution in [2.45, 2.75) is 26.7 Å². The van der Waals surface area contributed by atoms with Gasteiger partial charge in [-0.2, -0.15) is 0 Å². The molecule has 7 nitrogen and oxygen atoms in total. The number of carbonyl (C=O) groups is 2. The predicted molar refractivity (Wildman–Crippen MR) is 107 cm³/mol. The molecule has 0 atom stereocenters. The third-order valence-corrected chi connectivity index (χ3v) is 5.51. The molecule has 0 unspecified atom stereocenters. The largest absolute Gasteiger partial charge is 0.469 e. The lowest BCUT2D eigenvalue weighted by molar-refractivity contribution is -0.146. The topological polar surface area (TPSA) is 85.5 Å². The van der Waals surface area contributed by atoms with Crippen LogP contribution >= 0.6 is 0 Å². The molecule has 1 aliphatic heterocycles.